The summed E-state index contributed by atoms with van der Waals surface area (Å²) in [6.45, 7) is 6.15. The standard InChI is InChI=1S/C7H14.C3H4N2O/c1-3-5-7-6-4-2;6-3-1-4-2-5-3/h3H,1,4-7H2,2H3;2H,1H2,(H,4,5,6). The first-order chi connectivity index (χ1) is 6.31. The molecule has 13 heavy (non-hydrogen) atoms. The van der Waals surface area contributed by atoms with Gasteiger partial charge in [0.15, 0.2) is 0 Å². The first-order valence-corrected chi connectivity index (χ1v) is 4.69. The van der Waals surface area contributed by atoms with Gasteiger partial charge in [0, 0.05) is 0 Å². The molecule has 0 atom stereocenters. The molecule has 0 radical (unpaired) electrons. The van der Waals surface area contributed by atoms with E-state index in [2.05, 4.69) is 23.8 Å². The summed E-state index contributed by atoms with van der Waals surface area (Å²) < 4.78 is 0. The predicted octanol–water partition coefficient (Wildman–Crippen LogP) is 1.90. The lowest BCUT2D eigenvalue weighted by Crippen LogP contribution is -2.15. The fraction of sp³-hybridized carbons (Fsp3) is 0.600. The van der Waals surface area contributed by atoms with E-state index >= 15 is 0 Å². The second kappa shape index (κ2) is 8.97. The second-order valence-electron chi connectivity index (χ2n) is 2.82. The molecule has 1 aliphatic heterocycles. The van der Waals surface area contributed by atoms with Crippen molar-refractivity contribution in [3.8, 4) is 0 Å². The van der Waals surface area contributed by atoms with Gasteiger partial charge in [-0.1, -0.05) is 25.8 Å². The van der Waals surface area contributed by atoms with Gasteiger partial charge in [-0.25, -0.2) is 0 Å². The molecule has 0 aromatic heterocycles. The van der Waals surface area contributed by atoms with Crippen LogP contribution >= 0.6 is 0 Å². The maximum absolute atomic E-state index is 10.0. The van der Waals surface area contributed by atoms with Crippen LogP contribution in [0, 0.1) is 0 Å². The normalized spacial score (nSPS) is 13.2. The van der Waals surface area contributed by atoms with Crippen LogP contribution in [0.2, 0.25) is 0 Å². The van der Waals surface area contributed by atoms with E-state index in [9.17, 15) is 4.79 Å². The van der Waals surface area contributed by atoms with Crippen LogP contribution in [0.15, 0.2) is 17.6 Å². The van der Waals surface area contributed by atoms with E-state index in [1.807, 2.05) is 6.08 Å². The largest absolute Gasteiger partial charge is 0.316 e. The summed E-state index contributed by atoms with van der Waals surface area (Å²) in [5.74, 6) is -0.0185. The number of allylic oxidation sites excluding steroid dienone is 1. The minimum absolute atomic E-state index is 0.0185. The zero-order valence-corrected chi connectivity index (χ0v) is 8.25. The Hall–Kier alpha value is -1.12. The third-order valence-corrected chi connectivity index (χ3v) is 1.56. The highest BCUT2D eigenvalue weighted by Gasteiger charge is 1.98. The molecular formula is C10H18N2O. The predicted molar refractivity (Wildman–Crippen MR) is 55.8 cm³/mol. The van der Waals surface area contributed by atoms with Crippen LogP contribution in [-0.2, 0) is 4.79 Å². The molecule has 0 aromatic rings. The molecule has 0 unspecified atom stereocenters. The van der Waals surface area contributed by atoms with E-state index < -0.39 is 0 Å². The molecule has 0 saturated carbocycles. The molecule has 3 heteroatoms. The number of nitrogens with zero attached hydrogens (tertiary/aromatic N) is 1. The van der Waals surface area contributed by atoms with Crippen molar-refractivity contribution in [2.75, 3.05) is 6.54 Å². The topological polar surface area (TPSA) is 41.5 Å². The molecule has 74 valence electrons. The summed E-state index contributed by atoms with van der Waals surface area (Å²) in [7, 11) is 0. The Bertz CT molecular complexity index is 166. The van der Waals surface area contributed by atoms with Crippen LogP contribution < -0.4 is 5.32 Å². The molecule has 1 aliphatic rings. The van der Waals surface area contributed by atoms with Gasteiger partial charge >= 0.3 is 0 Å². The zero-order valence-electron chi connectivity index (χ0n) is 8.25. The Morgan fingerprint density at radius 3 is 2.77 bits per heavy atom. The Balaban J connectivity index is 0.000000223. The van der Waals surface area contributed by atoms with Crippen LogP contribution in [0.5, 0.6) is 0 Å². The number of unbranched alkanes of at least 4 members (excludes halogenated alkanes) is 3. The van der Waals surface area contributed by atoms with Crippen LogP contribution in [0.25, 0.3) is 0 Å². The van der Waals surface area contributed by atoms with Crippen molar-refractivity contribution in [3.05, 3.63) is 12.7 Å². The van der Waals surface area contributed by atoms with E-state index in [1.165, 1.54) is 32.0 Å². The van der Waals surface area contributed by atoms with Gasteiger partial charge in [-0.2, -0.15) is 0 Å². The fourth-order valence-electron chi connectivity index (χ4n) is 0.831. The third kappa shape index (κ3) is 8.79. The second-order valence-corrected chi connectivity index (χ2v) is 2.82. The van der Waals surface area contributed by atoms with Gasteiger partial charge in [-0.05, 0) is 12.8 Å². The Kier molecular flexibility index (Phi) is 8.20. The number of rotatable bonds is 4. The Morgan fingerprint density at radius 1 is 1.69 bits per heavy atom. The minimum Gasteiger partial charge on any atom is -0.316 e. The van der Waals surface area contributed by atoms with Gasteiger partial charge in [0.2, 0.25) is 5.91 Å². The molecule has 0 bridgehead atoms. The maximum atomic E-state index is 10.0. The average Bonchev–Trinajstić information content (AvgIpc) is 2.58. The SMILES string of the molecule is C=CCCCCC.O=C1CN=CN1. The first kappa shape index (κ1) is 11.9. The number of carbonyl (C=O) groups is 1. The molecule has 1 N–H and O–H groups in total. The van der Waals surface area contributed by atoms with Gasteiger partial charge in [-0.15, -0.1) is 6.58 Å². The quantitative estimate of drug-likeness (QED) is 0.523. The molecule has 0 spiro atoms. The average molecular weight is 182 g/mol. The molecule has 0 aliphatic carbocycles. The van der Waals surface area contributed by atoms with E-state index in [4.69, 9.17) is 0 Å². The van der Waals surface area contributed by atoms with E-state index in [-0.39, 0.29) is 5.91 Å². The van der Waals surface area contributed by atoms with Crippen LogP contribution in [-0.4, -0.2) is 18.8 Å². The van der Waals surface area contributed by atoms with Gasteiger partial charge in [0.25, 0.3) is 0 Å². The summed E-state index contributed by atoms with van der Waals surface area (Å²) in [6.07, 6.45) is 8.56. The summed E-state index contributed by atoms with van der Waals surface area (Å²) in [5.41, 5.74) is 0. The highest BCUT2D eigenvalue weighted by atomic mass is 16.2. The molecule has 1 rings (SSSR count). The highest BCUT2D eigenvalue weighted by molar-refractivity contribution is 5.93. The number of hydrogen-bond acceptors (Lipinski definition) is 2. The van der Waals surface area contributed by atoms with Crippen molar-refractivity contribution >= 4 is 12.2 Å². The van der Waals surface area contributed by atoms with Crippen LogP contribution in [0.3, 0.4) is 0 Å². The van der Waals surface area contributed by atoms with Crippen LogP contribution in [0.4, 0.5) is 0 Å². The van der Waals surface area contributed by atoms with Gasteiger partial charge < -0.3 is 5.32 Å². The van der Waals surface area contributed by atoms with Gasteiger partial charge in [0.1, 0.15) is 6.54 Å². The summed E-state index contributed by atoms with van der Waals surface area (Å²) in [6, 6.07) is 0. The van der Waals surface area contributed by atoms with Crippen molar-refractivity contribution in [3.63, 3.8) is 0 Å². The highest BCUT2D eigenvalue weighted by Crippen LogP contribution is 1.97. The molecule has 0 saturated heterocycles. The third-order valence-electron chi connectivity index (χ3n) is 1.56. The van der Waals surface area contributed by atoms with Crippen molar-refractivity contribution in [2.24, 2.45) is 4.99 Å². The summed E-state index contributed by atoms with van der Waals surface area (Å²) >= 11 is 0. The van der Waals surface area contributed by atoms with Gasteiger partial charge in [0.05, 0.1) is 6.34 Å². The van der Waals surface area contributed by atoms with E-state index in [0.29, 0.717) is 6.54 Å². The van der Waals surface area contributed by atoms with Crippen molar-refractivity contribution < 1.29 is 4.79 Å². The number of hydrogen-bond donors (Lipinski definition) is 1. The first-order valence-electron chi connectivity index (χ1n) is 4.69. The van der Waals surface area contributed by atoms with E-state index in [1.54, 1.807) is 0 Å². The smallest absolute Gasteiger partial charge is 0.246 e. The zero-order chi connectivity index (χ0) is 9.94. The molecule has 0 aromatic carbocycles. The monoisotopic (exact) mass is 182 g/mol. The lowest BCUT2D eigenvalue weighted by Gasteiger charge is -1.87. The van der Waals surface area contributed by atoms with Crippen molar-refractivity contribution in [1.29, 1.82) is 0 Å². The maximum Gasteiger partial charge on any atom is 0.246 e. The van der Waals surface area contributed by atoms with Crippen molar-refractivity contribution in [2.45, 2.75) is 32.6 Å². The number of carbonyl (C=O) groups excluding carboxylic acids is 1. The lowest BCUT2D eigenvalue weighted by atomic mass is 10.2. The van der Waals surface area contributed by atoms with E-state index in [0.717, 1.165) is 0 Å². The van der Waals surface area contributed by atoms with Crippen molar-refractivity contribution in [1.82, 2.24) is 5.32 Å². The Morgan fingerprint density at radius 2 is 2.46 bits per heavy atom. The number of amides is 1. The van der Waals surface area contributed by atoms with Gasteiger partial charge in [-0.3, -0.25) is 9.79 Å². The molecule has 3 nitrogen and oxygen atoms in total. The molecular weight excluding hydrogens is 164 g/mol. The molecule has 0 fully saturated rings. The van der Waals surface area contributed by atoms with Crippen LogP contribution in [0.1, 0.15) is 32.6 Å². The fourth-order valence-corrected chi connectivity index (χ4v) is 0.831. The molecule has 1 amide bonds. The Labute approximate surface area is 79.9 Å². The number of aliphatic imine (C=N–C) groups is 1. The minimum atomic E-state index is -0.0185. The summed E-state index contributed by atoms with van der Waals surface area (Å²) in [5, 5.41) is 2.39. The number of nitrogens with one attached hydrogen (secondary N) is 1. The summed E-state index contributed by atoms with van der Waals surface area (Å²) in [4.78, 5) is 13.6. The lowest BCUT2D eigenvalue weighted by molar-refractivity contribution is -0.117. The molecule has 1 heterocycles.